The van der Waals surface area contributed by atoms with Crippen LogP contribution in [0.5, 0.6) is 18.0 Å². The summed E-state index contributed by atoms with van der Waals surface area (Å²) in [6.07, 6.45) is 7.48. The van der Waals surface area contributed by atoms with Gasteiger partial charge in [0.2, 0.25) is 0 Å². The quantitative estimate of drug-likeness (QED) is 0.0979. The summed E-state index contributed by atoms with van der Waals surface area (Å²) in [5.74, 6) is 0. The van der Waals surface area contributed by atoms with Gasteiger partial charge in [0.1, 0.15) is 16.8 Å². The molecule has 0 N–H and O–H groups in total. The molecule has 0 saturated carbocycles. The zero-order valence-corrected chi connectivity index (χ0v) is 24.5. The summed E-state index contributed by atoms with van der Waals surface area (Å²) in [6.45, 7) is 26.9. The molecule has 0 saturated heterocycles. The Balaban J connectivity index is 3.31. The third-order valence-electron chi connectivity index (χ3n) is 5.54. The van der Waals surface area contributed by atoms with Gasteiger partial charge >= 0.3 is 36.5 Å². The van der Waals surface area contributed by atoms with Gasteiger partial charge in [-0.25, -0.2) is 14.4 Å². The van der Waals surface area contributed by atoms with Gasteiger partial charge in [0.25, 0.3) is 0 Å². The second kappa shape index (κ2) is 16.5. The van der Waals surface area contributed by atoms with Crippen LogP contribution >= 0.6 is 0 Å². The normalized spacial score (nSPS) is 11.2. The number of hydrogen-bond acceptors (Lipinski definition) is 12. The number of carbonyl (C=O) groups is 3. The summed E-state index contributed by atoms with van der Waals surface area (Å²) in [5.41, 5.74) is -3.08. The Morgan fingerprint density at radius 3 is 0.857 bits per heavy atom. The third kappa shape index (κ3) is 12.2. The molecule has 0 fully saturated rings. The molecule has 0 amide bonds. The van der Waals surface area contributed by atoms with E-state index in [4.69, 9.17) is 28.4 Å². The van der Waals surface area contributed by atoms with Gasteiger partial charge in [-0.3, -0.25) is 0 Å². The predicted molar refractivity (Wildman–Crippen MR) is 155 cm³/mol. The predicted octanol–water partition coefficient (Wildman–Crippen LogP) is 7.15. The largest absolute Gasteiger partial charge is 0.516 e. The summed E-state index contributed by atoms with van der Waals surface area (Å²) in [7, 11) is 0. The second-order valence-electron chi connectivity index (χ2n) is 9.85. The number of hydrogen-bond donors (Lipinski definition) is 0. The summed E-state index contributed by atoms with van der Waals surface area (Å²) in [5, 5.41) is 0. The Kier molecular flexibility index (Phi) is 13.9. The minimum absolute atomic E-state index is 0.286. The molecule has 228 valence electrons. The lowest BCUT2D eigenvalue weighted by atomic mass is 9.98. The van der Waals surface area contributed by atoms with Crippen LogP contribution in [0.15, 0.2) is 75.9 Å². The highest BCUT2D eigenvalue weighted by atomic mass is 16.8. The molecule has 0 spiro atoms. The Morgan fingerprint density at radius 2 is 0.690 bits per heavy atom. The summed E-state index contributed by atoms with van der Waals surface area (Å²) < 4.78 is 31.5. The van der Waals surface area contributed by atoms with Crippen LogP contribution in [0.2, 0.25) is 0 Å². The van der Waals surface area contributed by atoms with E-state index in [2.05, 4.69) is 54.4 Å². The zero-order chi connectivity index (χ0) is 31.8. The van der Waals surface area contributed by atoms with Crippen molar-refractivity contribution < 1.29 is 42.8 Å². The molecular weight excluding hydrogens is 546 g/mol. The molecule has 0 aliphatic carbocycles. The molecular formula is C30H39N3O9. The number of ether oxygens (including phenoxy) is 6. The first-order chi connectivity index (χ1) is 19.8. The third-order valence-corrected chi connectivity index (χ3v) is 5.54. The topological polar surface area (TPSA) is 145 Å². The van der Waals surface area contributed by atoms with Gasteiger partial charge in [-0.15, -0.1) is 54.4 Å². The fourth-order valence-corrected chi connectivity index (χ4v) is 3.68. The summed E-state index contributed by atoms with van der Waals surface area (Å²) in [6, 6.07) is -2.12. The summed E-state index contributed by atoms with van der Waals surface area (Å²) >= 11 is 0. The van der Waals surface area contributed by atoms with E-state index in [1.54, 1.807) is 57.2 Å². The Hall–Kier alpha value is -4.74. The van der Waals surface area contributed by atoms with E-state index >= 15 is 0 Å². The van der Waals surface area contributed by atoms with Crippen LogP contribution in [0.1, 0.15) is 59.3 Å². The first-order valence-corrected chi connectivity index (χ1v) is 12.9. The molecule has 0 aromatic carbocycles. The van der Waals surface area contributed by atoms with E-state index in [0.29, 0.717) is 0 Å². The van der Waals surface area contributed by atoms with Crippen molar-refractivity contribution in [3.63, 3.8) is 0 Å². The van der Waals surface area contributed by atoms with Crippen molar-refractivity contribution in [2.24, 2.45) is 0 Å². The molecule has 1 aromatic heterocycles. The van der Waals surface area contributed by atoms with Crippen LogP contribution in [0.25, 0.3) is 0 Å². The van der Waals surface area contributed by atoms with Crippen molar-refractivity contribution in [3.05, 3.63) is 75.9 Å². The maximum absolute atomic E-state index is 12.6. The Bertz CT molecular complexity index is 993. The van der Waals surface area contributed by atoms with Crippen LogP contribution in [0, 0.1) is 0 Å². The minimum Gasteiger partial charge on any atom is -0.427 e. The number of nitrogens with zero attached hydrogens (tertiary/aromatic N) is 3. The van der Waals surface area contributed by atoms with Crippen LogP contribution in [-0.2, 0) is 14.2 Å². The highest BCUT2D eigenvalue weighted by Crippen LogP contribution is 2.26. The molecule has 0 bridgehead atoms. The number of carbonyl (C=O) groups excluding carboxylic acids is 3. The zero-order valence-electron chi connectivity index (χ0n) is 24.5. The molecule has 0 atom stereocenters. The van der Waals surface area contributed by atoms with Gasteiger partial charge in [0.15, 0.2) is 0 Å². The first-order valence-electron chi connectivity index (χ1n) is 12.9. The van der Waals surface area contributed by atoms with Gasteiger partial charge in [-0.05, 0) is 20.8 Å². The van der Waals surface area contributed by atoms with E-state index in [1.807, 2.05) is 0 Å². The number of aromatic nitrogens is 3. The highest BCUT2D eigenvalue weighted by molar-refractivity contribution is 5.65. The Labute approximate surface area is 246 Å². The molecule has 0 radical (unpaired) electrons. The average molecular weight is 586 g/mol. The van der Waals surface area contributed by atoms with E-state index in [9.17, 15) is 14.4 Å². The van der Waals surface area contributed by atoms with Crippen molar-refractivity contribution >= 4 is 18.5 Å². The van der Waals surface area contributed by atoms with Gasteiger partial charge in [0.05, 0.1) is 0 Å². The van der Waals surface area contributed by atoms with Gasteiger partial charge < -0.3 is 28.4 Å². The summed E-state index contributed by atoms with van der Waals surface area (Å²) in [4.78, 5) is 49.1. The van der Waals surface area contributed by atoms with Crippen LogP contribution in [-0.4, -0.2) is 50.2 Å². The monoisotopic (exact) mass is 585 g/mol. The van der Waals surface area contributed by atoms with Gasteiger partial charge in [-0.2, -0.15) is 0 Å². The second-order valence-corrected chi connectivity index (χ2v) is 9.85. The van der Waals surface area contributed by atoms with Crippen molar-refractivity contribution in [1.29, 1.82) is 0 Å². The Morgan fingerprint density at radius 1 is 0.500 bits per heavy atom. The minimum atomic E-state index is -1.21. The SMILES string of the molecule is C=CCC(C)(CC=C)OC(=O)Oc1nc(OC(=O)OC(C)(CC=C)CC=C)nc(OC(=O)OC(C)(CC=C)CC=C)n1. The smallest absolute Gasteiger partial charge is 0.427 e. The first kappa shape index (κ1) is 35.3. The van der Waals surface area contributed by atoms with Crippen molar-refractivity contribution in [3.8, 4) is 18.0 Å². The van der Waals surface area contributed by atoms with E-state index < -0.39 is 53.3 Å². The van der Waals surface area contributed by atoms with Crippen LogP contribution in [0.3, 0.4) is 0 Å². The average Bonchev–Trinajstić information content (AvgIpc) is 2.83. The van der Waals surface area contributed by atoms with E-state index in [0.717, 1.165) is 0 Å². The van der Waals surface area contributed by atoms with Gasteiger partial charge in [0, 0.05) is 38.5 Å². The van der Waals surface area contributed by atoms with Crippen LogP contribution in [0.4, 0.5) is 14.4 Å². The van der Waals surface area contributed by atoms with Crippen molar-refractivity contribution in [2.45, 2.75) is 76.1 Å². The molecule has 12 nitrogen and oxygen atoms in total. The van der Waals surface area contributed by atoms with Crippen molar-refractivity contribution in [2.75, 3.05) is 0 Å². The molecule has 0 aliphatic heterocycles. The molecule has 1 aromatic rings. The van der Waals surface area contributed by atoms with Gasteiger partial charge in [-0.1, -0.05) is 36.5 Å². The molecule has 1 heterocycles. The van der Waals surface area contributed by atoms with E-state index in [-0.39, 0.29) is 38.5 Å². The van der Waals surface area contributed by atoms with Crippen LogP contribution < -0.4 is 14.2 Å². The van der Waals surface area contributed by atoms with Crippen molar-refractivity contribution in [1.82, 2.24) is 15.0 Å². The number of rotatable bonds is 18. The fourth-order valence-electron chi connectivity index (χ4n) is 3.68. The maximum atomic E-state index is 12.6. The fraction of sp³-hybridized carbons (Fsp3) is 0.400. The highest BCUT2D eigenvalue weighted by Gasteiger charge is 2.31. The molecule has 1 rings (SSSR count). The maximum Gasteiger partial charge on any atom is 0.516 e. The molecule has 0 unspecified atom stereocenters. The molecule has 42 heavy (non-hydrogen) atoms. The molecule has 0 aliphatic rings. The standard InChI is InChI=1S/C30H39N3O9/c1-10-16-28(7,17-11-2)40-25(34)37-22-31-23(38-26(35)41-29(8,18-12-3)19-13-4)33-24(32-22)39-27(36)42-30(9,20-14-5)21-15-6/h10-15H,1-6,16-21H2,7-9H3. The lowest BCUT2D eigenvalue weighted by molar-refractivity contribution is -0.00306. The van der Waals surface area contributed by atoms with E-state index in [1.165, 1.54) is 0 Å². The molecule has 12 heteroatoms. The lowest BCUT2D eigenvalue weighted by Gasteiger charge is -2.26. The lowest BCUT2D eigenvalue weighted by Crippen LogP contribution is -2.33.